The van der Waals surface area contributed by atoms with E-state index >= 15 is 0 Å². The van der Waals surface area contributed by atoms with Crippen molar-refractivity contribution >= 4 is 34.4 Å². The highest BCUT2D eigenvalue weighted by Gasteiger charge is 2.21. The van der Waals surface area contributed by atoms with Crippen molar-refractivity contribution in [3.8, 4) is 11.5 Å². The van der Waals surface area contributed by atoms with Gasteiger partial charge >= 0.3 is 0 Å². The lowest BCUT2D eigenvalue weighted by Gasteiger charge is -2.11. The Bertz CT molecular complexity index is 1400. The molecule has 2 aliphatic heterocycles. The van der Waals surface area contributed by atoms with E-state index in [9.17, 15) is 0 Å². The first kappa shape index (κ1) is 27.4. The molecule has 0 saturated carbocycles. The number of aliphatic imine (C=N–C) groups is 2. The molecule has 0 saturated heterocycles. The maximum absolute atomic E-state index is 6.81. The highest BCUT2D eigenvalue weighted by Crippen LogP contribution is 2.36. The minimum Gasteiger partial charge on any atom is -0.494 e. The van der Waals surface area contributed by atoms with Gasteiger partial charge in [-0.25, -0.2) is 0 Å². The summed E-state index contributed by atoms with van der Waals surface area (Å²) in [6.07, 6.45) is 3.51. The van der Waals surface area contributed by atoms with Crippen molar-refractivity contribution in [1.82, 2.24) is 9.80 Å². The molecule has 0 aromatic heterocycles. The fraction of sp³-hybridized carbons (Fsp3) is 0.375. The summed E-state index contributed by atoms with van der Waals surface area (Å²) in [5.41, 5.74) is 8.36. The predicted molar refractivity (Wildman–Crippen MR) is 161 cm³/mol. The standard InChI is InChI=1S/C32H37ClN4O2/c1-36(2)13-5-15-38-25-8-11-29-23(17-25)20-31(34-29)22-7-10-27(28(33)19-22)32-21-24-18-26(9-12-30(24)35-32)39-16-6-14-37(3)4/h7-12,17-19H,5-6,13-16,20-21H2,1-4H3. The fourth-order valence-electron chi connectivity index (χ4n) is 4.93. The quantitative estimate of drug-likeness (QED) is 0.249. The zero-order valence-corrected chi connectivity index (χ0v) is 24.1. The van der Waals surface area contributed by atoms with Crippen LogP contribution in [0.3, 0.4) is 0 Å². The maximum Gasteiger partial charge on any atom is 0.119 e. The normalized spacial score (nSPS) is 13.9. The smallest absolute Gasteiger partial charge is 0.119 e. The predicted octanol–water partition coefficient (Wildman–Crippen LogP) is 6.35. The largest absolute Gasteiger partial charge is 0.494 e. The van der Waals surface area contributed by atoms with Gasteiger partial charge in [0.1, 0.15) is 11.5 Å². The number of benzene rings is 3. The Labute approximate surface area is 236 Å². The van der Waals surface area contributed by atoms with Gasteiger partial charge in [-0.1, -0.05) is 23.7 Å². The Morgan fingerprint density at radius 2 is 1.23 bits per heavy atom. The van der Waals surface area contributed by atoms with Gasteiger partial charge in [0.2, 0.25) is 0 Å². The molecule has 0 aliphatic carbocycles. The first-order valence-corrected chi connectivity index (χ1v) is 14.0. The van der Waals surface area contributed by atoms with Crippen molar-refractivity contribution in [2.24, 2.45) is 9.98 Å². The minimum absolute atomic E-state index is 0.697. The average Bonchev–Trinajstić information content (AvgIpc) is 3.52. The molecular formula is C32H37ClN4O2. The van der Waals surface area contributed by atoms with Crippen molar-refractivity contribution < 1.29 is 9.47 Å². The second kappa shape index (κ2) is 12.3. The SMILES string of the molecule is CN(C)CCCOc1ccc2c(c1)CC(c1ccc(C3=Nc4ccc(OCCCN(C)C)cc4C3)c(Cl)c1)=N2. The van der Waals surface area contributed by atoms with Gasteiger partial charge in [0, 0.05) is 31.5 Å². The molecule has 6 nitrogen and oxygen atoms in total. The third-order valence-corrected chi connectivity index (χ3v) is 7.29. The van der Waals surface area contributed by atoms with Crippen molar-refractivity contribution in [1.29, 1.82) is 0 Å². The van der Waals surface area contributed by atoms with E-state index < -0.39 is 0 Å². The van der Waals surface area contributed by atoms with Crippen LogP contribution in [0.2, 0.25) is 5.02 Å². The van der Waals surface area contributed by atoms with Crippen LogP contribution in [-0.2, 0) is 12.8 Å². The van der Waals surface area contributed by atoms with Gasteiger partial charge in [0.05, 0.1) is 41.0 Å². The number of fused-ring (bicyclic) bond motifs is 2. The summed E-state index contributed by atoms with van der Waals surface area (Å²) < 4.78 is 11.9. The van der Waals surface area contributed by atoms with Crippen LogP contribution in [0.25, 0.3) is 0 Å². The molecule has 0 atom stereocenters. The number of ether oxygens (including phenoxy) is 2. The third-order valence-electron chi connectivity index (χ3n) is 6.98. The topological polar surface area (TPSA) is 49.7 Å². The van der Waals surface area contributed by atoms with E-state index in [4.69, 9.17) is 31.1 Å². The van der Waals surface area contributed by atoms with Crippen LogP contribution in [-0.4, -0.2) is 75.7 Å². The van der Waals surface area contributed by atoms with Crippen molar-refractivity contribution in [3.05, 3.63) is 81.9 Å². The molecule has 7 heteroatoms. The molecule has 0 bridgehead atoms. The number of hydrogen-bond acceptors (Lipinski definition) is 6. The Morgan fingerprint density at radius 1 is 0.692 bits per heavy atom. The fourth-order valence-corrected chi connectivity index (χ4v) is 5.22. The summed E-state index contributed by atoms with van der Waals surface area (Å²) in [4.78, 5) is 14.1. The molecular weight excluding hydrogens is 508 g/mol. The van der Waals surface area contributed by atoms with E-state index in [1.165, 1.54) is 11.1 Å². The monoisotopic (exact) mass is 544 g/mol. The second-order valence-corrected chi connectivity index (χ2v) is 11.2. The Hall–Kier alpha value is -3.19. The molecule has 0 unspecified atom stereocenters. The van der Waals surface area contributed by atoms with Crippen LogP contribution >= 0.6 is 11.6 Å². The number of halogens is 1. The van der Waals surface area contributed by atoms with Crippen LogP contribution in [0.5, 0.6) is 11.5 Å². The lowest BCUT2D eigenvalue weighted by atomic mass is 9.99. The average molecular weight is 545 g/mol. The molecule has 0 fully saturated rings. The van der Waals surface area contributed by atoms with Crippen molar-refractivity contribution in [2.75, 3.05) is 54.5 Å². The van der Waals surface area contributed by atoms with E-state index in [2.05, 4.69) is 62.3 Å². The Balaban J connectivity index is 1.20. The molecule has 5 rings (SSSR count). The molecule has 2 aliphatic rings. The second-order valence-electron chi connectivity index (χ2n) is 10.8. The van der Waals surface area contributed by atoms with Gasteiger partial charge in [-0.05, 0) is 100 Å². The summed E-state index contributed by atoms with van der Waals surface area (Å²) in [6, 6.07) is 18.5. The van der Waals surface area contributed by atoms with Crippen LogP contribution < -0.4 is 9.47 Å². The zero-order valence-electron chi connectivity index (χ0n) is 23.3. The zero-order chi connectivity index (χ0) is 27.4. The molecule has 2 heterocycles. The Kier molecular flexibility index (Phi) is 8.66. The first-order chi connectivity index (χ1) is 18.9. The number of rotatable bonds is 12. The van der Waals surface area contributed by atoms with Gasteiger partial charge in [0.15, 0.2) is 0 Å². The van der Waals surface area contributed by atoms with Crippen molar-refractivity contribution in [2.45, 2.75) is 25.7 Å². The van der Waals surface area contributed by atoms with Crippen LogP contribution in [0.1, 0.15) is 35.1 Å². The molecule has 204 valence electrons. The molecule has 0 N–H and O–H groups in total. The van der Waals surface area contributed by atoms with Crippen LogP contribution in [0.4, 0.5) is 11.4 Å². The first-order valence-electron chi connectivity index (χ1n) is 13.6. The third kappa shape index (κ3) is 6.88. The summed E-state index contributed by atoms with van der Waals surface area (Å²) in [6.45, 7) is 3.44. The van der Waals surface area contributed by atoms with E-state index in [0.717, 1.165) is 84.2 Å². The summed E-state index contributed by atoms with van der Waals surface area (Å²) >= 11 is 6.81. The summed E-state index contributed by atoms with van der Waals surface area (Å²) in [5, 5.41) is 0.697. The molecule has 0 amide bonds. The van der Waals surface area contributed by atoms with Gasteiger partial charge < -0.3 is 19.3 Å². The number of hydrogen-bond donors (Lipinski definition) is 0. The molecule has 3 aromatic rings. The minimum atomic E-state index is 0.697. The van der Waals surface area contributed by atoms with E-state index in [1.54, 1.807) is 0 Å². The van der Waals surface area contributed by atoms with Crippen molar-refractivity contribution in [3.63, 3.8) is 0 Å². The molecule has 0 spiro atoms. The van der Waals surface area contributed by atoms with Gasteiger partial charge in [-0.3, -0.25) is 9.98 Å². The van der Waals surface area contributed by atoms with E-state index in [-0.39, 0.29) is 0 Å². The summed E-state index contributed by atoms with van der Waals surface area (Å²) in [7, 11) is 8.31. The molecule has 0 radical (unpaired) electrons. The van der Waals surface area contributed by atoms with E-state index in [1.807, 2.05) is 30.3 Å². The van der Waals surface area contributed by atoms with E-state index in [0.29, 0.717) is 18.2 Å². The number of nitrogens with zero attached hydrogens (tertiary/aromatic N) is 4. The van der Waals surface area contributed by atoms with Gasteiger partial charge in [-0.2, -0.15) is 0 Å². The van der Waals surface area contributed by atoms with Crippen LogP contribution in [0, 0.1) is 0 Å². The highest BCUT2D eigenvalue weighted by molar-refractivity contribution is 6.35. The summed E-state index contributed by atoms with van der Waals surface area (Å²) in [5.74, 6) is 1.80. The Morgan fingerprint density at radius 3 is 1.77 bits per heavy atom. The highest BCUT2D eigenvalue weighted by atomic mass is 35.5. The molecule has 3 aromatic carbocycles. The lowest BCUT2D eigenvalue weighted by molar-refractivity contribution is 0.281. The van der Waals surface area contributed by atoms with Gasteiger partial charge in [-0.15, -0.1) is 0 Å². The van der Waals surface area contributed by atoms with Crippen LogP contribution in [0.15, 0.2) is 64.6 Å². The van der Waals surface area contributed by atoms with Gasteiger partial charge in [0.25, 0.3) is 0 Å². The lowest BCUT2D eigenvalue weighted by Crippen LogP contribution is -2.15. The maximum atomic E-state index is 6.81. The molecule has 39 heavy (non-hydrogen) atoms.